The lowest BCUT2D eigenvalue weighted by molar-refractivity contribution is -0.141. The van der Waals surface area contributed by atoms with E-state index in [9.17, 15) is 32.7 Å². The number of rotatable bonds is 6. The molecule has 7 nitrogen and oxygen atoms in total. The highest BCUT2D eigenvalue weighted by Crippen LogP contribution is 2.35. The Hall–Kier alpha value is -3.30. The van der Waals surface area contributed by atoms with Gasteiger partial charge in [0.2, 0.25) is 0 Å². The quantitative estimate of drug-likeness (QED) is 0.706. The second-order valence-corrected chi connectivity index (χ2v) is 6.32. The Bertz CT molecular complexity index is 979. The lowest BCUT2D eigenvalue weighted by Crippen LogP contribution is -2.31. The summed E-state index contributed by atoms with van der Waals surface area (Å²) in [5, 5.41) is 19.4. The Balaban J connectivity index is 2.66. The number of benzene rings is 1. The number of aryl methyl sites for hydroxylation is 1. The highest BCUT2D eigenvalue weighted by Gasteiger charge is 2.31. The van der Waals surface area contributed by atoms with Gasteiger partial charge in [0.15, 0.2) is 0 Å². The number of carbonyl (C=O) groups excluding carboxylic acids is 1. The smallest absolute Gasteiger partial charge is 0.416 e. The molecule has 156 valence electrons. The van der Waals surface area contributed by atoms with Crippen molar-refractivity contribution in [2.45, 2.75) is 32.0 Å². The van der Waals surface area contributed by atoms with Crippen molar-refractivity contribution in [3.8, 4) is 5.75 Å². The Labute approximate surface area is 163 Å². The molecule has 1 heterocycles. The molecule has 0 amide bonds. The monoisotopic (exact) mass is 413 g/mol. The van der Waals surface area contributed by atoms with Gasteiger partial charge in [0.25, 0.3) is 5.56 Å². The first-order valence-corrected chi connectivity index (χ1v) is 8.34. The van der Waals surface area contributed by atoms with Crippen LogP contribution in [0.2, 0.25) is 0 Å². The van der Waals surface area contributed by atoms with E-state index in [1.54, 1.807) is 0 Å². The third kappa shape index (κ3) is 4.95. The number of hydrogen-bond donors (Lipinski definition) is 2. The van der Waals surface area contributed by atoms with Crippen LogP contribution in [-0.4, -0.2) is 33.8 Å². The average molecular weight is 413 g/mol. The summed E-state index contributed by atoms with van der Waals surface area (Å²) in [4.78, 5) is 35.8. The molecule has 0 fully saturated rings. The number of halogens is 3. The van der Waals surface area contributed by atoms with Gasteiger partial charge in [-0.3, -0.25) is 14.4 Å². The number of ether oxygens (including phenoxy) is 1. The first kappa shape index (κ1) is 22.0. The predicted molar refractivity (Wildman–Crippen MR) is 94.7 cm³/mol. The van der Waals surface area contributed by atoms with Crippen LogP contribution in [0, 0.1) is 6.92 Å². The lowest BCUT2D eigenvalue weighted by Gasteiger charge is -2.20. The van der Waals surface area contributed by atoms with E-state index < -0.39 is 53.9 Å². The summed E-state index contributed by atoms with van der Waals surface area (Å²) in [5.41, 5.74) is -1.76. The average Bonchev–Trinajstić information content (AvgIpc) is 2.63. The van der Waals surface area contributed by atoms with Crippen LogP contribution in [0.4, 0.5) is 13.2 Å². The summed E-state index contributed by atoms with van der Waals surface area (Å²) < 4.78 is 44.0. The molecule has 0 spiro atoms. The van der Waals surface area contributed by atoms with E-state index in [1.165, 1.54) is 6.92 Å². The molecule has 0 aliphatic heterocycles. The Morgan fingerprint density at radius 2 is 1.79 bits per heavy atom. The first-order chi connectivity index (χ1) is 13.5. The molecule has 29 heavy (non-hydrogen) atoms. The number of nitrogens with zero attached hydrogens (tertiary/aromatic N) is 1. The number of aromatic hydroxyl groups is 1. The molecular weight excluding hydrogens is 395 g/mol. The highest BCUT2D eigenvalue weighted by molar-refractivity contribution is 5.71. The van der Waals surface area contributed by atoms with Gasteiger partial charge in [0, 0.05) is 11.6 Å². The zero-order valence-electron chi connectivity index (χ0n) is 15.5. The number of pyridine rings is 1. The lowest BCUT2D eigenvalue weighted by atomic mass is 9.88. The van der Waals surface area contributed by atoms with Crippen LogP contribution in [0.3, 0.4) is 0 Å². The van der Waals surface area contributed by atoms with Crippen molar-refractivity contribution >= 4 is 11.9 Å². The summed E-state index contributed by atoms with van der Waals surface area (Å²) in [6, 6.07) is 4.93. The van der Waals surface area contributed by atoms with Crippen LogP contribution in [-0.2, 0) is 27.0 Å². The van der Waals surface area contributed by atoms with Crippen LogP contribution < -0.4 is 5.56 Å². The molecule has 0 bridgehead atoms. The number of methoxy groups -OCH3 is 1. The second-order valence-electron chi connectivity index (χ2n) is 6.32. The zero-order chi connectivity index (χ0) is 21.9. The molecule has 0 radical (unpaired) electrons. The van der Waals surface area contributed by atoms with Crippen LogP contribution in [0.1, 0.15) is 34.7 Å². The van der Waals surface area contributed by atoms with Crippen LogP contribution in [0.5, 0.6) is 5.75 Å². The summed E-state index contributed by atoms with van der Waals surface area (Å²) in [6.07, 6.45) is -5.02. The van der Waals surface area contributed by atoms with Crippen molar-refractivity contribution in [3.63, 3.8) is 0 Å². The van der Waals surface area contributed by atoms with Crippen LogP contribution >= 0.6 is 0 Å². The normalized spacial score (nSPS) is 12.4. The number of carbonyl (C=O) groups is 2. The van der Waals surface area contributed by atoms with Crippen molar-refractivity contribution < 1.29 is 37.7 Å². The van der Waals surface area contributed by atoms with E-state index in [0.29, 0.717) is 0 Å². The van der Waals surface area contributed by atoms with E-state index in [4.69, 9.17) is 5.11 Å². The topological polar surface area (TPSA) is 106 Å². The van der Waals surface area contributed by atoms with Crippen LogP contribution in [0.25, 0.3) is 0 Å². The first-order valence-electron chi connectivity index (χ1n) is 8.34. The molecule has 0 aliphatic rings. The second kappa shape index (κ2) is 8.38. The van der Waals surface area contributed by atoms with Gasteiger partial charge in [-0.15, -0.1) is 0 Å². The molecule has 2 rings (SSSR count). The maximum absolute atomic E-state index is 12.9. The van der Waals surface area contributed by atoms with E-state index in [-0.39, 0.29) is 16.8 Å². The molecule has 0 aliphatic carbocycles. The highest BCUT2D eigenvalue weighted by atomic mass is 19.4. The number of carboxylic acids is 1. The minimum absolute atomic E-state index is 0.154. The Kier molecular flexibility index (Phi) is 6.35. The van der Waals surface area contributed by atoms with Crippen molar-refractivity contribution in [2.24, 2.45) is 0 Å². The summed E-state index contributed by atoms with van der Waals surface area (Å²) in [6.45, 7) is 0.733. The predicted octanol–water partition coefficient (Wildman–Crippen LogP) is 2.66. The van der Waals surface area contributed by atoms with Crippen molar-refractivity contribution in [2.75, 3.05) is 7.11 Å². The fraction of sp³-hybridized carbons (Fsp3) is 0.316. The third-order valence-electron chi connectivity index (χ3n) is 4.40. The van der Waals surface area contributed by atoms with Gasteiger partial charge in [0.1, 0.15) is 12.3 Å². The minimum atomic E-state index is -4.57. The molecule has 2 N–H and O–H groups in total. The van der Waals surface area contributed by atoms with Crippen molar-refractivity contribution in [3.05, 3.63) is 63.1 Å². The van der Waals surface area contributed by atoms with Crippen LogP contribution in [0.15, 0.2) is 35.1 Å². The molecule has 1 aromatic carbocycles. The number of esters is 1. The Morgan fingerprint density at radius 3 is 2.28 bits per heavy atom. The minimum Gasteiger partial charge on any atom is -0.507 e. The molecule has 0 saturated heterocycles. The molecule has 0 saturated carbocycles. The van der Waals surface area contributed by atoms with Crippen molar-refractivity contribution in [1.82, 2.24) is 4.57 Å². The number of aromatic nitrogens is 1. The van der Waals surface area contributed by atoms with Gasteiger partial charge in [-0.2, -0.15) is 13.2 Å². The summed E-state index contributed by atoms with van der Waals surface area (Å²) >= 11 is 0. The van der Waals surface area contributed by atoms with Gasteiger partial charge in [-0.25, -0.2) is 0 Å². The number of aliphatic carboxylic acids is 1. The maximum atomic E-state index is 12.9. The number of alkyl halides is 3. The number of carboxylic acid groups (broad SMARTS) is 1. The fourth-order valence-electron chi connectivity index (χ4n) is 2.97. The molecule has 1 aromatic heterocycles. The van der Waals surface area contributed by atoms with E-state index in [0.717, 1.165) is 42.0 Å². The van der Waals surface area contributed by atoms with Gasteiger partial charge in [0.05, 0.1) is 24.7 Å². The van der Waals surface area contributed by atoms with Crippen molar-refractivity contribution in [1.29, 1.82) is 0 Å². The third-order valence-corrected chi connectivity index (χ3v) is 4.40. The molecular formula is C19H18F3NO6. The van der Waals surface area contributed by atoms with Gasteiger partial charge in [-0.1, -0.05) is 12.1 Å². The molecule has 2 aromatic rings. The fourth-order valence-corrected chi connectivity index (χ4v) is 2.97. The molecule has 1 unspecified atom stereocenters. The zero-order valence-corrected chi connectivity index (χ0v) is 15.5. The standard InChI is InChI=1S/C19H18F3NO6/c1-10-7-14(24)17(18(28)23(10)9-15(25)26)13(8-16(27)29-2)11-3-5-12(6-4-11)19(20,21)22/h3-7,13,24H,8-9H2,1-2H3,(H,25,26). The van der Waals surface area contributed by atoms with Gasteiger partial charge < -0.3 is 19.5 Å². The SMILES string of the molecule is COC(=O)CC(c1ccc(C(F)(F)F)cc1)c1c(O)cc(C)n(CC(=O)O)c1=O. The summed E-state index contributed by atoms with van der Waals surface area (Å²) in [7, 11) is 1.10. The van der Waals surface area contributed by atoms with Gasteiger partial charge in [-0.05, 0) is 30.7 Å². The maximum Gasteiger partial charge on any atom is 0.416 e. The number of hydrogen-bond acceptors (Lipinski definition) is 5. The summed E-state index contributed by atoms with van der Waals surface area (Å²) in [5.74, 6) is -3.70. The van der Waals surface area contributed by atoms with E-state index in [1.807, 2.05) is 0 Å². The van der Waals surface area contributed by atoms with E-state index >= 15 is 0 Å². The molecule has 10 heteroatoms. The van der Waals surface area contributed by atoms with E-state index in [2.05, 4.69) is 4.74 Å². The largest absolute Gasteiger partial charge is 0.507 e. The Morgan fingerprint density at radius 1 is 1.21 bits per heavy atom. The van der Waals surface area contributed by atoms with Gasteiger partial charge >= 0.3 is 18.1 Å². The molecule has 1 atom stereocenters.